The second kappa shape index (κ2) is 5.92. The van der Waals surface area contributed by atoms with Crippen LogP contribution in [-0.4, -0.2) is 42.0 Å². The van der Waals surface area contributed by atoms with Crippen LogP contribution in [0.2, 0.25) is 5.02 Å². The molecule has 7 heteroatoms. The van der Waals surface area contributed by atoms with E-state index in [4.69, 9.17) is 16.3 Å². The number of imide groups is 1. The molecule has 0 bridgehead atoms. The molecule has 0 aliphatic carbocycles. The Morgan fingerprint density at radius 1 is 1.45 bits per heavy atom. The zero-order valence-corrected chi connectivity index (χ0v) is 11.5. The molecule has 1 aromatic rings. The molecule has 20 heavy (non-hydrogen) atoms. The summed E-state index contributed by atoms with van der Waals surface area (Å²) in [5.41, 5.74) is 0.253. The fraction of sp³-hybridized carbons (Fsp3) is 0.308. The topological polar surface area (TPSA) is 75.7 Å². The van der Waals surface area contributed by atoms with Gasteiger partial charge in [0.25, 0.3) is 5.91 Å². The van der Waals surface area contributed by atoms with Gasteiger partial charge in [-0.25, -0.2) is 9.59 Å². The van der Waals surface area contributed by atoms with Crippen molar-refractivity contribution in [3.63, 3.8) is 0 Å². The van der Waals surface area contributed by atoms with Gasteiger partial charge in [0.15, 0.2) is 6.10 Å². The smallest absolute Gasteiger partial charge is 0.338 e. The summed E-state index contributed by atoms with van der Waals surface area (Å²) in [5.74, 6) is -1.21. The first-order valence-corrected chi connectivity index (χ1v) is 6.42. The molecule has 1 heterocycles. The highest BCUT2D eigenvalue weighted by Crippen LogP contribution is 2.13. The minimum Gasteiger partial charge on any atom is -0.449 e. The first kappa shape index (κ1) is 14.3. The Kier molecular flexibility index (Phi) is 4.24. The van der Waals surface area contributed by atoms with Gasteiger partial charge in [-0.3, -0.25) is 9.69 Å². The molecule has 1 saturated heterocycles. The number of halogens is 1. The highest BCUT2D eigenvalue weighted by Gasteiger charge is 2.31. The predicted molar refractivity (Wildman–Crippen MR) is 71.4 cm³/mol. The molecule has 6 nitrogen and oxygen atoms in total. The van der Waals surface area contributed by atoms with Crippen molar-refractivity contribution in [1.29, 1.82) is 0 Å². The summed E-state index contributed by atoms with van der Waals surface area (Å²) in [5, 5.41) is 2.91. The number of nitrogens with zero attached hydrogens (tertiary/aromatic N) is 1. The Morgan fingerprint density at radius 2 is 2.20 bits per heavy atom. The van der Waals surface area contributed by atoms with E-state index in [0.717, 1.165) is 4.90 Å². The van der Waals surface area contributed by atoms with E-state index in [0.29, 0.717) is 11.6 Å². The van der Waals surface area contributed by atoms with E-state index in [2.05, 4.69) is 5.32 Å². The maximum absolute atomic E-state index is 12.0. The van der Waals surface area contributed by atoms with Gasteiger partial charge in [0.2, 0.25) is 0 Å². The molecule has 1 aliphatic rings. The van der Waals surface area contributed by atoms with Gasteiger partial charge in [-0.05, 0) is 25.1 Å². The summed E-state index contributed by atoms with van der Waals surface area (Å²) in [6.45, 7) is 2.10. The van der Waals surface area contributed by atoms with Crippen LogP contribution >= 0.6 is 11.6 Å². The molecule has 106 valence electrons. The number of carbonyl (C=O) groups is 3. The highest BCUT2D eigenvalue weighted by atomic mass is 35.5. The Labute approximate surface area is 120 Å². The zero-order valence-electron chi connectivity index (χ0n) is 10.8. The van der Waals surface area contributed by atoms with Gasteiger partial charge in [0.05, 0.1) is 5.56 Å². The molecule has 1 aromatic carbocycles. The summed E-state index contributed by atoms with van der Waals surface area (Å²) < 4.78 is 5.05. The van der Waals surface area contributed by atoms with Gasteiger partial charge in [0.1, 0.15) is 0 Å². The molecule has 1 aliphatic heterocycles. The number of carbonyl (C=O) groups excluding carboxylic acids is 3. The van der Waals surface area contributed by atoms with Gasteiger partial charge in [-0.15, -0.1) is 0 Å². The summed E-state index contributed by atoms with van der Waals surface area (Å²) in [4.78, 5) is 36.2. The van der Waals surface area contributed by atoms with E-state index >= 15 is 0 Å². The molecule has 0 aromatic heterocycles. The lowest BCUT2D eigenvalue weighted by atomic mass is 10.2. The maximum Gasteiger partial charge on any atom is 0.338 e. The molecule has 1 N–H and O–H groups in total. The van der Waals surface area contributed by atoms with Crippen LogP contribution in [0.1, 0.15) is 17.3 Å². The number of urea groups is 1. The minimum absolute atomic E-state index is 0.253. The summed E-state index contributed by atoms with van der Waals surface area (Å²) in [7, 11) is 0. The summed E-state index contributed by atoms with van der Waals surface area (Å²) in [6.07, 6.45) is -1.04. The third kappa shape index (κ3) is 3.08. The number of ether oxygens (including phenoxy) is 1. The van der Waals surface area contributed by atoms with E-state index in [-0.39, 0.29) is 12.1 Å². The Bertz CT molecular complexity index is 561. The molecule has 0 radical (unpaired) electrons. The number of hydrogen-bond donors (Lipinski definition) is 1. The number of benzene rings is 1. The Morgan fingerprint density at radius 3 is 2.80 bits per heavy atom. The van der Waals surface area contributed by atoms with E-state index < -0.39 is 24.0 Å². The minimum atomic E-state index is -1.04. The Balaban J connectivity index is 2.00. The van der Waals surface area contributed by atoms with Crippen LogP contribution in [0, 0.1) is 0 Å². The molecule has 1 atom stereocenters. The van der Waals surface area contributed by atoms with E-state index in [9.17, 15) is 14.4 Å². The fourth-order valence-electron chi connectivity index (χ4n) is 1.80. The average Bonchev–Trinajstić information content (AvgIpc) is 2.84. The Hall–Kier alpha value is -2.08. The monoisotopic (exact) mass is 296 g/mol. The number of esters is 1. The fourth-order valence-corrected chi connectivity index (χ4v) is 1.99. The van der Waals surface area contributed by atoms with Crippen molar-refractivity contribution in [2.75, 3.05) is 13.1 Å². The second-order valence-corrected chi connectivity index (χ2v) is 4.72. The van der Waals surface area contributed by atoms with Crippen LogP contribution in [0.3, 0.4) is 0 Å². The molecular formula is C13H13ClN2O4. The van der Waals surface area contributed by atoms with E-state index in [1.165, 1.54) is 19.1 Å². The van der Waals surface area contributed by atoms with Gasteiger partial charge >= 0.3 is 12.0 Å². The molecule has 1 unspecified atom stereocenters. The number of nitrogens with one attached hydrogen (secondary N) is 1. The first-order valence-electron chi connectivity index (χ1n) is 6.05. The van der Waals surface area contributed by atoms with Crippen LogP contribution in [0.5, 0.6) is 0 Å². The van der Waals surface area contributed by atoms with Crippen LogP contribution in [0.15, 0.2) is 24.3 Å². The zero-order chi connectivity index (χ0) is 14.7. The standard InChI is InChI=1S/C13H13ClN2O4/c1-8(11(17)16-6-5-15-13(16)19)20-12(18)9-3-2-4-10(14)7-9/h2-4,7-8H,5-6H2,1H3,(H,15,19). The molecule has 1 fully saturated rings. The predicted octanol–water partition coefficient (Wildman–Crippen LogP) is 1.44. The summed E-state index contributed by atoms with van der Waals surface area (Å²) >= 11 is 5.77. The molecule has 0 spiro atoms. The second-order valence-electron chi connectivity index (χ2n) is 4.28. The van der Waals surface area contributed by atoms with Crippen molar-refractivity contribution in [2.45, 2.75) is 13.0 Å². The van der Waals surface area contributed by atoms with Crippen molar-refractivity contribution in [2.24, 2.45) is 0 Å². The molecule has 2 rings (SSSR count). The van der Waals surface area contributed by atoms with Gasteiger partial charge in [-0.2, -0.15) is 0 Å². The number of rotatable bonds is 3. The van der Waals surface area contributed by atoms with Crippen LogP contribution in [0.25, 0.3) is 0 Å². The first-order chi connectivity index (χ1) is 9.49. The molecular weight excluding hydrogens is 284 g/mol. The highest BCUT2D eigenvalue weighted by molar-refractivity contribution is 6.30. The van der Waals surface area contributed by atoms with Gasteiger partial charge < -0.3 is 10.1 Å². The average molecular weight is 297 g/mol. The normalized spacial score (nSPS) is 15.7. The summed E-state index contributed by atoms with van der Waals surface area (Å²) in [6, 6.07) is 5.75. The van der Waals surface area contributed by atoms with Gasteiger partial charge in [0, 0.05) is 18.1 Å². The number of amides is 3. The number of hydrogen-bond acceptors (Lipinski definition) is 4. The van der Waals surface area contributed by atoms with E-state index in [1.807, 2.05) is 0 Å². The lowest BCUT2D eigenvalue weighted by molar-refractivity contribution is -0.136. The lowest BCUT2D eigenvalue weighted by Crippen LogP contribution is -2.41. The van der Waals surface area contributed by atoms with Crippen molar-refractivity contribution in [3.05, 3.63) is 34.9 Å². The molecule has 0 saturated carbocycles. The molecule has 3 amide bonds. The third-order valence-corrected chi connectivity index (χ3v) is 3.05. The van der Waals surface area contributed by atoms with Gasteiger partial charge in [-0.1, -0.05) is 17.7 Å². The lowest BCUT2D eigenvalue weighted by Gasteiger charge is -2.18. The van der Waals surface area contributed by atoms with Crippen LogP contribution in [-0.2, 0) is 9.53 Å². The van der Waals surface area contributed by atoms with Crippen LogP contribution in [0.4, 0.5) is 4.79 Å². The third-order valence-electron chi connectivity index (χ3n) is 2.81. The SMILES string of the molecule is CC(OC(=O)c1cccc(Cl)c1)C(=O)N1CCNC1=O. The van der Waals surface area contributed by atoms with Crippen molar-refractivity contribution in [3.8, 4) is 0 Å². The van der Waals surface area contributed by atoms with Crippen molar-refractivity contribution < 1.29 is 19.1 Å². The van der Waals surface area contributed by atoms with Crippen LogP contribution < -0.4 is 5.32 Å². The maximum atomic E-state index is 12.0. The van der Waals surface area contributed by atoms with Crippen molar-refractivity contribution in [1.82, 2.24) is 10.2 Å². The van der Waals surface area contributed by atoms with E-state index in [1.54, 1.807) is 12.1 Å². The quantitative estimate of drug-likeness (QED) is 0.856. The van der Waals surface area contributed by atoms with Crippen molar-refractivity contribution >= 4 is 29.5 Å². The largest absolute Gasteiger partial charge is 0.449 e.